The summed E-state index contributed by atoms with van der Waals surface area (Å²) in [7, 11) is 3.57. The fraction of sp³-hybridized carbons (Fsp3) is 0.290. The van der Waals surface area contributed by atoms with Crippen LogP contribution in [0.3, 0.4) is 0 Å². The predicted octanol–water partition coefficient (Wildman–Crippen LogP) is 4.50. The normalized spacial score (nSPS) is 15.1. The van der Waals surface area contributed by atoms with Gasteiger partial charge in [0, 0.05) is 12.1 Å². The maximum absolute atomic E-state index is 14.5. The fourth-order valence-corrected chi connectivity index (χ4v) is 4.34. The molecule has 0 aromatic heterocycles. The van der Waals surface area contributed by atoms with Gasteiger partial charge in [0.2, 0.25) is 11.8 Å². The molecule has 1 aliphatic rings. The molecule has 0 saturated carbocycles. The van der Waals surface area contributed by atoms with Crippen molar-refractivity contribution in [3.05, 3.63) is 95.3 Å². The van der Waals surface area contributed by atoms with Crippen LogP contribution in [0.1, 0.15) is 36.6 Å². The van der Waals surface area contributed by atoms with Crippen LogP contribution in [0.15, 0.2) is 72.8 Å². The summed E-state index contributed by atoms with van der Waals surface area (Å²) in [6.45, 7) is 5.94. The van der Waals surface area contributed by atoms with Gasteiger partial charge < -0.3 is 20.9 Å². The number of nitrogens with zero attached hydrogens (tertiary/aromatic N) is 2. The number of halogens is 1. The molecule has 3 aromatic rings. The molecule has 0 bridgehead atoms. The number of carbonyl (C=O) groups is 4. The van der Waals surface area contributed by atoms with E-state index in [1.807, 2.05) is 19.9 Å². The van der Waals surface area contributed by atoms with Crippen LogP contribution in [0.2, 0.25) is 0 Å². The van der Waals surface area contributed by atoms with E-state index >= 15 is 0 Å². The van der Waals surface area contributed by atoms with Gasteiger partial charge in [-0.25, -0.2) is 14.1 Å². The first-order chi connectivity index (χ1) is 19.6. The second kappa shape index (κ2) is 14.2. The summed E-state index contributed by atoms with van der Waals surface area (Å²) >= 11 is 0. The number of benzene rings is 3. The van der Waals surface area contributed by atoms with E-state index in [9.17, 15) is 23.6 Å². The van der Waals surface area contributed by atoms with Crippen LogP contribution in [0.25, 0.3) is 0 Å². The molecule has 4 rings (SSSR count). The molecule has 3 aromatic carbocycles. The van der Waals surface area contributed by atoms with Crippen molar-refractivity contribution in [3.8, 4) is 0 Å². The molecule has 5 amide bonds. The largest absolute Gasteiger partial charge is 0.325 e. The zero-order valence-electron chi connectivity index (χ0n) is 23.9. The van der Waals surface area contributed by atoms with Crippen LogP contribution in [-0.4, -0.2) is 60.2 Å². The third kappa shape index (κ3) is 7.98. The van der Waals surface area contributed by atoms with E-state index in [4.69, 9.17) is 0 Å². The summed E-state index contributed by atoms with van der Waals surface area (Å²) in [4.78, 5) is 54.6. The molecule has 0 radical (unpaired) electrons. The number of urea groups is 1. The number of anilines is 2. The van der Waals surface area contributed by atoms with Crippen molar-refractivity contribution in [1.29, 1.82) is 0 Å². The Hall–Kier alpha value is -4.57. The molecule has 1 aliphatic heterocycles. The monoisotopic (exact) mass is 561 g/mol. The third-order valence-electron chi connectivity index (χ3n) is 6.23. The van der Waals surface area contributed by atoms with Gasteiger partial charge in [-0.15, -0.1) is 0 Å². The average Bonchev–Trinajstić information content (AvgIpc) is 3.23. The highest BCUT2D eigenvalue weighted by Crippen LogP contribution is 2.27. The summed E-state index contributed by atoms with van der Waals surface area (Å²) in [5, 5.41) is 7.95. The fourth-order valence-electron chi connectivity index (χ4n) is 4.34. The van der Waals surface area contributed by atoms with Crippen LogP contribution < -0.4 is 16.0 Å². The first kappa shape index (κ1) is 31.0. The summed E-state index contributed by atoms with van der Waals surface area (Å²) in [5.74, 6) is -2.10. The Balaban J connectivity index is 0.00000226. The number of hydrogen-bond acceptors (Lipinski definition) is 5. The smallest absolute Gasteiger partial charge is 0.325 e. The van der Waals surface area contributed by atoms with Crippen molar-refractivity contribution in [1.82, 2.24) is 15.1 Å². The van der Waals surface area contributed by atoms with E-state index in [1.165, 1.54) is 12.1 Å². The number of carbonyl (C=O) groups excluding carboxylic acids is 4. The Kier molecular flexibility index (Phi) is 10.7. The van der Waals surface area contributed by atoms with Crippen LogP contribution >= 0.6 is 0 Å². The predicted molar refractivity (Wildman–Crippen MR) is 157 cm³/mol. The highest BCUT2D eigenvalue weighted by atomic mass is 19.1. The Morgan fingerprint density at radius 3 is 2.24 bits per heavy atom. The number of hydrogen-bond donors (Lipinski definition) is 3. The number of amides is 5. The van der Waals surface area contributed by atoms with Gasteiger partial charge >= 0.3 is 6.03 Å². The molecule has 3 N–H and O–H groups in total. The third-order valence-corrected chi connectivity index (χ3v) is 6.23. The summed E-state index contributed by atoms with van der Waals surface area (Å²) < 4.78 is 14.5. The van der Waals surface area contributed by atoms with Crippen molar-refractivity contribution in [2.24, 2.45) is 0 Å². The lowest BCUT2D eigenvalue weighted by Gasteiger charge is -2.25. The van der Waals surface area contributed by atoms with Gasteiger partial charge in [0.1, 0.15) is 17.9 Å². The van der Waals surface area contributed by atoms with E-state index < -0.39 is 35.7 Å². The highest BCUT2D eigenvalue weighted by molar-refractivity contribution is 6.09. The average molecular weight is 562 g/mol. The zero-order chi connectivity index (χ0) is 30.1. The second-order valence-corrected chi connectivity index (χ2v) is 9.68. The van der Waals surface area contributed by atoms with E-state index in [0.717, 1.165) is 10.5 Å². The molecule has 1 unspecified atom stereocenters. The number of nitrogens with one attached hydrogen (secondary N) is 3. The molecule has 1 saturated heterocycles. The van der Waals surface area contributed by atoms with Crippen molar-refractivity contribution < 1.29 is 23.6 Å². The quantitative estimate of drug-likeness (QED) is 0.333. The summed E-state index contributed by atoms with van der Waals surface area (Å²) in [6, 6.07) is 16.9. The van der Waals surface area contributed by atoms with Gasteiger partial charge in [0.15, 0.2) is 0 Å². The first-order valence-corrected chi connectivity index (χ1v) is 13.4. The van der Waals surface area contributed by atoms with Crippen LogP contribution in [0.4, 0.5) is 20.6 Å². The second-order valence-electron chi connectivity index (χ2n) is 9.68. The first-order valence-electron chi connectivity index (χ1n) is 13.4. The SMILES string of the molecule is CC.Cc1ccc(NC(=O)C(Cc2ccccc2)N2C(=O)N[C@H](c3ccc(NC(=O)CN(C)C)cc3)C2=O)c(F)c1. The van der Waals surface area contributed by atoms with Crippen molar-refractivity contribution in [2.45, 2.75) is 39.3 Å². The molecular formula is C31H36FN5O4. The molecule has 41 heavy (non-hydrogen) atoms. The summed E-state index contributed by atoms with van der Waals surface area (Å²) in [5.41, 5.74) is 2.40. The number of rotatable bonds is 9. The maximum atomic E-state index is 14.5. The van der Waals surface area contributed by atoms with E-state index in [1.54, 1.807) is 80.5 Å². The van der Waals surface area contributed by atoms with Gasteiger partial charge in [-0.05, 0) is 62.0 Å². The zero-order valence-corrected chi connectivity index (χ0v) is 23.9. The van der Waals surface area contributed by atoms with Crippen LogP contribution in [0.5, 0.6) is 0 Å². The topological polar surface area (TPSA) is 111 Å². The minimum absolute atomic E-state index is 0.0424. The molecule has 2 atom stereocenters. The Labute approximate surface area is 239 Å². The highest BCUT2D eigenvalue weighted by Gasteiger charge is 2.45. The molecule has 0 aliphatic carbocycles. The molecule has 9 nitrogen and oxygen atoms in total. The van der Waals surface area contributed by atoms with E-state index in [-0.39, 0.29) is 24.6 Å². The number of aryl methyl sites for hydroxylation is 1. The molecule has 1 fully saturated rings. The van der Waals surface area contributed by atoms with Gasteiger partial charge in [0.05, 0.1) is 12.2 Å². The minimum Gasteiger partial charge on any atom is -0.325 e. The summed E-state index contributed by atoms with van der Waals surface area (Å²) in [6.07, 6.45) is 0.0445. The van der Waals surface area contributed by atoms with E-state index in [0.29, 0.717) is 16.8 Å². The van der Waals surface area contributed by atoms with Crippen molar-refractivity contribution in [3.63, 3.8) is 0 Å². The lowest BCUT2D eigenvalue weighted by molar-refractivity contribution is -0.134. The van der Waals surface area contributed by atoms with Gasteiger partial charge in [-0.3, -0.25) is 14.4 Å². The maximum Gasteiger partial charge on any atom is 0.325 e. The molecular weight excluding hydrogens is 525 g/mol. The van der Waals surface area contributed by atoms with Gasteiger partial charge in [-0.1, -0.05) is 62.4 Å². The number of imide groups is 1. The molecule has 1 heterocycles. The van der Waals surface area contributed by atoms with Gasteiger partial charge in [0.25, 0.3) is 5.91 Å². The lowest BCUT2D eigenvalue weighted by atomic mass is 10.0. The molecule has 10 heteroatoms. The Bertz CT molecular complexity index is 1380. The number of likely N-dealkylation sites (N-methyl/N-ethyl adjacent to an activating group) is 1. The Morgan fingerprint density at radius 1 is 0.976 bits per heavy atom. The molecule has 216 valence electrons. The van der Waals surface area contributed by atoms with E-state index in [2.05, 4.69) is 16.0 Å². The van der Waals surface area contributed by atoms with Crippen LogP contribution in [-0.2, 0) is 20.8 Å². The van der Waals surface area contributed by atoms with Crippen molar-refractivity contribution >= 4 is 35.1 Å². The van der Waals surface area contributed by atoms with Crippen molar-refractivity contribution in [2.75, 3.05) is 31.3 Å². The minimum atomic E-state index is -1.23. The Morgan fingerprint density at radius 2 is 1.63 bits per heavy atom. The standard InChI is InChI=1S/C29H30FN5O4.C2H6/c1-18-9-14-23(22(30)15-18)32-27(37)24(16-19-7-5-4-6-8-19)35-28(38)26(33-29(35)39)20-10-12-21(13-11-20)31-25(36)17-34(2)3;1-2/h4-15,24,26H,16-17H2,1-3H3,(H,31,36)(H,32,37)(H,33,39);1-2H3/t24?,26-;/m1./s1. The van der Waals surface area contributed by atoms with Crippen LogP contribution in [0, 0.1) is 12.7 Å². The molecule has 0 spiro atoms. The van der Waals surface area contributed by atoms with Gasteiger partial charge in [-0.2, -0.15) is 0 Å². The lowest BCUT2D eigenvalue weighted by Crippen LogP contribution is -2.49.